The molecule has 0 aromatic carbocycles. The van der Waals surface area contributed by atoms with Gasteiger partial charge < -0.3 is 5.32 Å². The molecule has 2 aromatic rings. The Morgan fingerprint density at radius 2 is 2.47 bits per heavy atom. The minimum Gasteiger partial charge on any atom is -0.300 e. The summed E-state index contributed by atoms with van der Waals surface area (Å²) in [7, 11) is 0. The first-order valence-electron chi connectivity index (χ1n) is 4.74. The Bertz CT molecular complexity index is 547. The van der Waals surface area contributed by atoms with Crippen molar-refractivity contribution in [2.45, 2.75) is 13.5 Å². The molecule has 8 heteroatoms. The summed E-state index contributed by atoms with van der Waals surface area (Å²) < 4.78 is 1.29. The second-order valence-electron chi connectivity index (χ2n) is 3.30. The summed E-state index contributed by atoms with van der Waals surface area (Å²) >= 11 is 1.35. The number of aldehydes is 1. The Hall–Kier alpha value is -2.09. The Balaban J connectivity index is 1.95. The molecule has 0 aliphatic carbocycles. The molecule has 0 atom stereocenters. The lowest BCUT2D eigenvalue weighted by molar-refractivity contribution is -0.116. The molecule has 1 N–H and O–H groups in total. The van der Waals surface area contributed by atoms with Crippen LogP contribution in [0, 0.1) is 6.92 Å². The third kappa shape index (κ3) is 2.94. The van der Waals surface area contributed by atoms with Crippen LogP contribution in [0.1, 0.15) is 16.2 Å². The molecule has 2 aromatic heterocycles. The smallest absolute Gasteiger partial charge is 0.247 e. The molecule has 88 valence electrons. The highest BCUT2D eigenvalue weighted by Gasteiger charge is 2.07. The van der Waals surface area contributed by atoms with E-state index in [-0.39, 0.29) is 18.1 Å². The van der Waals surface area contributed by atoms with Crippen LogP contribution < -0.4 is 5.32 Å². The second kappa shape index (κ2) is 4.83. The van der Waals surface area contributed by atoms with Crippen molar-refractivity contribution in [2.24, 2.45) is 0 Å². The zero-order chi connectivity index (χ0) is 12.3. The van der Waals surface area contributed by atoms with Crippen LogP contribution in [0.5, 0.6) is 0 Å². The highest BCUT2D eigenvalue weighted by atomic mass is 32.1. The van der Waals surface area contributed by atoms with Crippen molar-refractivity contribution >= 4 is 28.7 Å². The van der Waals surface area contributed by atoms with Crippen LogP contribution in [0.2, 0.25) is 0 Å². The van der Waals surface area contributed by atoms with Gasteiger partial charge >= 0.3 is 0 Å². The second-order valence-corrected chi connectivity index (χ2v) is 4.16. The molecule has 0 radical (unpaired) electrons. The molecule has 2 heterocycles. The lowest BCUT2D eigenvalue weighted by Crippen LogP contribution is -2.19. The van der Waals surface area contributed by atoms with Crippen molar-refractivity contribution < 1.29 is 9.59 Å². The summed E-state index contributed by atoms with van der Waals surface area (Å²) in [4.78, 5) is 26.0. The summed E-state index contributed by atoms with van der Waals surface area (Å²) in [5.41, 5.74) is 1.05. The van der Waals surface area contributed by atoms with Crippen LogP contribution in [0.4, 0.5) is 5.13 Å². The number of carbonyl (C=O) groups excluding carboxylic acids is 2. The van der Waals surface area contributed by atoms with E-state index in [2.05, 4.69) is 20.6 Å². The minimum absolute atomic E-state index is 0.000528. The van der Waals surface area contributed by atoms with E-state index in [0.717, 1.165) is 5.69 Å². The van der Waals surface area contributed by atoms with Gasteiger partial charge in [-0.2, -0.15) is 0 Å². The van der Waals surface area contributed by atoms with Crippen molar-refractivity contribution in [3.05, 3.63) is 23.0 Å². The maximum absolute atomic E-state index is 11.6. The number of thiazole rings is 1. The van der Waals surface area contributed by atoms with Crippen LogP contribution in [0.15, 0.2) is 11.6 Å². The number of aryl methyl sites for hydroxylation is 1. The fourth-order valence-electron chi connectivity index (χ4n) is 1.16. The van der Waals surface area contributed by atoms with Crippen LogP contribution in [0.25, 0.3) is 0 Å². The van der Waals surface area contributed by atoms with Gasteiger partial charge in [0.25, 0.3) is 0 Å². The monoisotopic (exact) mass is 251 g/mol. The summed E-state index contributed by atoms with van der Waals surface area (Å²) in [6.45, 7) is 1.85. The molecule has 0 aliphatic heterocycles. The number of aromatic nitrogens is 4. The molecular weight excluding hydrogens is 242 g/mol. The van der Waals surface area contributed by atoms with E-state index in [0.29, 0.717) is 11.4 Å². The Morgan fingerprint density at radius 1 is 1.65 bits per heavy atom. The molecule has 0 aliphatic rings. The first kappa shape index (κ1) is 11.4. The van der Waals surface area contributed by atoms with Crippen molar-refractivity contribution in [1.29, 1.82) is 0 Å². The van der Waals surface area contributed by atoms with Gasteiger partial charge in [0.1, 0.15) is 12.2 Å². The first-order chi connectivity index (χ1) is 8.17. The summed E-state index contributed by atoms with van der Waals surface area (Å²) in [5, 5.41) is 12.2. The van der Waals surface area contributed by atoms with Crippen molar-refractivity contribution in [3.8, 4) is 0 Å². The van der Waals surface area contributed by atoms with Crippen LogP contribution in [0.3, 0.4) is 0 Å². The quantitative estimate of drug-likeness (QED) is 0.799. The van der Waals surface area contributed by atoms with E-state index in [1.54, 1.807) is 0 Å². The first-order valence-corrected chi connectivity index (χ1v) is 5.62. The van der Waals surface area contributed by atoms with Crippen molar-refractivity contribution in [3.63, 3.8) is 0 Å². The number of nitrogens with zero attached hydrogens (tertiary/aromatic N) is 4. The molecule has 0 unspecified atom stereocenters. The summed E-state index contributed by atoms with van der Waals surface area (Å²) in [6, 6.07) is 0. The van der Waals surface area contributed by atoms with E-state index in [4.69, 9.17) is 0 Å². The molecule has 17 heavy (non-hydrogen) atoms. The van der Waals surface area contributed by atoms with E-state index in [1.807, 2.05) is 12.3 Å². The minimum atomic E-state index is -0.262. The summed E-state index contributed by atoms with van der Waals surface area (Å²) in [6.07, 6.45) is 1.98. The third-order valence-electron chi connectivity index (χ3n) is 1.85. The average Bonchev–Trinajstić information content (AvgIpc) is 2.88. The zero-order valence-corrected chi connectivity index (χ0v) is 9.77. The van der Waals surface area contributed by atoms with Gasteiger partial charge in [-0.05, 0) is 6.92 Å². The van der Waals surface area contributed by atoms with Gasteiger partial charge in [-0.25, -0.2) is 9.67 Å². The number of amides is 1. The van der Waals surface area contributed by atoms with Gasteiger partial charge in [-0.3, -0.25) is 9.59 Å². The van der Waals surface area contributed by atoms with Gasteiger partial charge in [-0.1, -0.05) is 5.21 Å². The van der Waals surface area contributed by atoms with Gasteiger partial charge in [0, 0.05) is 5.38 Å². The molecule has 0 fully saturated rings. The Kier molecular flexibility index (Phi) is 3.24. The maximum Gasteiger partial charge on any atom is 0.247 e. The van der Waals surface area contributed by atoms with Crippen LogP contribution >= 0.6 is 11.3 Å². The predicted octanol–water partition coefficient (Wildman–Crippen LogP) is 0.494. The molecule has 0 saturated heterocycles. The standard InChI is InChI=1S/C9H9N5O2S/c1-6-5-17-9(10-6)11-8(16)3-14-2-7(4-15)12-13-14/h2,4-5H,3H2,1H3,(H,10,11,16). The topological polar surface area (TPSA) is 89.8 Å². The van der Waals surface area contributed by atoms with Gasteiger partial charge in [0.05, 0.1) is 11.9 Å². The number of anilines is 1. The lowest BCUT2D eigenvalue weighted by Gasteiger charge is -2.00. The zero-order valence-electron chi connectivity index (χ0n) is 8.95. The SMILES string of the molecule is Cc1csc(NC(=O)Cn2cc(C=O)nn2)n1. The number of hydrogen-bond donors (Lipinski definition) is 1. The highest BCUT2D eigenvalue weighted by molar-refractivity contribution is 7.13. The number of nitrogens with one attached hydrogen (secondary N) is 1. The molecule has 0 bridgehead atoms. The Morgan fingerprint density at radius 3 is 3.06 bits per heavy atom. The normalized spacial score (nSPS) is 10.2. The van der Waals surface area contributed by atoms with E-state index >= 15 is 0 Å². The number of hydrogen-bond acceptors (Lipinski definition) is 6. The van der Waals surface area contributed by atoms with E-state index < -0.39 is 0 Å². The van der Waals surface area contributed by atoms with Gasteiger partial charge in [-0.15, -0.1) is 16.4 Å². The van der Waals surface area contributed by atoms with Crippen molar-refractivity contribution in [2.75, 3.05) is 5.32 Å². The molecular formula is C9H9N5O2S. The number of carbonyl (C=O) groups is 2. The largest absolute Gasteiger partial charge is 0.300 e. The van der Waals surface area contributed by atoms with Gasteiger partial charge in [0.2, 0.25) is 5.91 Å². The highest BCUT2D eigenvalue weighted by Crippen LogP contribution is 2.14. The lowest BCUT2D eigenvalue weighted by atomic mass is 10.5. The molecule has 0 saturated carbocycles. The maximum atomic E-state index is 11.6. The average molecular weight is 251 g/mol. The van der Waals surface area contributed by atoms with Gasteiger partial charge in [0.15, 0.2) is 11.4 Å². The third-order valence-corrected chi connectivity index (χ3v) is 2.72. The van der Waals surface area contributed by atoms with Crippen LogP contribution in [-0.2, 0) is 11.3 Å². The van der Waals surface area contributed by atoms with Crippen LogP contribution in [-0.4, -0.2) is 32.2 Å². The predicted molar refractivity (Wildman–Crippen MR) is 60.9 cm³/mol. The molecule has 1 amide bonds. The fraction of sp³-hybridized carbons (Fsp3) is 0.222. The number of rotatable bonds is 4. The van der Waals surface area contributed by atoms with E-state index in [9.17, 15) is 9.59 Å². The molecule has 0 spiro atoms. The molecule has 7 nitrogen and oxygen atoms in total. The Labute approximate surface area is 100 Å². The van der Waals surface area contributed by atoms with Crippen molar-refractivity contribution in [1.82, 2.24) is 20.0 Å². The fourth-order valence-corrected chi connectivity index (χ4v) is 1.87. The van der Waals surface area contributed by atoms with E-state index in [1.165, 1.54) is 22.2 Å². The molecule has 2 rings (SSSR count). The summed E-state index contributed by atoms with van der Waals surface area (Å²) in [5.74, 6) is -0.262.